The van der Waals surface area contributed by atoms with Crippen molar-refractivity contribution in [1.29, 1.82) is 0 Å². The highest BCUT2D eigenvalue weighted by molar-refractivity contribution is 6.02. The van der Waals surface area contributed by atoms with Gasteiger partial charge in [-0.05, 0) is 32.3 Å². The SMILES string of the molecule is CCOC1CCC(c2cc(NC(=O)c3cc(COC)nn3C)n[nH]2)C1. The van der Waals surface area contributed by atoms with Crippen LogP contribution < -0.4 is 5.32 Å². The minimum atomic E-state index is -0.242. The zero-order chi connectivity index (χ0) is 17.8. The van der Waals surface area contributed by atoms with Gasteiger partial charge in [0.25, 0.3) is 5.91 Å². The smallest absolute Gasteiger partial charge is 0.275 e. The van der Waals surface area contributed by atoms with Crippen LogP contribution in [-0.4, -0.2) is 45.7 Å². The van der Waals surface area contributed by atoms with Crippen molar-refractivity contribution in [2.24, 2.45) is 7.05 Å². The highest BCUT2D eigenvalue weighted by Gasteiger charge is 2.27. The molecule has 2 N–H and O–H groups in total. The molecule has 8 heteroatoms. The first-order chi connectivity index (χ1) is 12.1. The number of carbonyl (C=O) groups is 1. The van der Waals surface area contributed by atoms with Gasteiger partial charge < -0.3 is 14.8 Å². The van der Waals surface area contributed by atoms with Gasteiger partial charge in [0.1, 0.15) is 5.69 Å². The lowest BCUT2D eigenvalue weighted by molar-refractivity contribution is 0.0673. The molecular formula is C17H25N5O3. The van der Waals surface area contributed by atoms with E-state index in [4.69, 9.17) is 9.47 Å². The fourth-order valence-corrected chi connectivity index (χ4v) is 3.36. The molecule has 2 unspecified atom stereocenters. The monoisotopic (exact) mass is 347 g/mol. The third-order valence-corrected chi connectivity index (χ3v) is 4.52. The molecule has 25 heavy (non-hydrogen) atoms. The summed E-state index contributed by atoms with van der Waals surface area (Å²) in [7, 11) is 3.33. The van der Waals surface area contributed by atoms with E-state index in [2.05, 4.69) is 20.6 Å². The normalized spacial score (nSPS) is 20.1. The number of aryl methyl sites for hydroxylation is 1. The van der Waals surface area contributed by atoms with Crippen LogP contribution in [0.25, 0.3) is 0 Å². The molecule has 0 aliphatic heterocycles. The summed E-state index contributed by atoms with van der Waals surface area (Å²) < 4.78 is 12.3. The molecule has 0 aromatic carbocycles. The molecule has 1 saturated carbocycles. The second-order valence-electron chi connectivity index (χ2n) is 6.33. The van der Waals surface area contributed by atoms with Crippen LogP contribution in [0, 0.1) is 0 Å². The van der Waals surface area contributed by atoms with Crippen LogP contribution in [-0.2, 0) is 23.1 Å². The summed E-state index contributed by atoms with van der Waals surface area (Å²) in [6.07, 6.45) is 3.45. The van der Waals surface area contributed by atoms with Crippen molar-refractivity contribution in [3.8, 4) is 0 Å². The predicted molar refractivity (Wildman–Crippen MR) is 92.5 cm³/mol. The van der Waals surface area contributed by atoms with Crippen molar-refractivity contribution < 1.29 is 14.3 Å². The van der Waals surface area contributed by atoms with E-state index in [9.17, 15) is 4.79 Å². The molecule has 2 heterocycles. The summed E-state index contributed by atoms with van der Waals surface area (Å²) in [6, 6.07) is 3.62. The van der Waals surface area contributed by atoms with Gasteiger partial charge in [-0.2, -0.15) is 10.2 Å². The molecule has 1 aliphatic carbocycles. The van der Waals surface area contributed by atoms with E-state index in [1.165, 1.54) is 0 Å². The van der Waals surface area contributed by atoms with E-state index < -0.39 is 0 Å². The Morgan fingerprint density at radius 1 is 1.44 bits per heavy atom. The van der Waals surface area contributed by atoms with E-state index in [0.717, 1.165) is 31.6 Å². The number of ether oxygens (including phenoxy) is 2. The summed E-state index contributed by atoms with van der Waals surface area (Å²) >= 11 is 0. The molecular weight excluding hydrogens is 322 g/mol. The van der Waals surface area contributed by atoms with Crippen LogP contribution in [0.1, 0.15) is 54.0 Å². The van der Waals surface area contributed by atoms with Gasteiger partial charge in [0.15, 0.2) is 5.82 Å². The van der Waals surface area contributed by atoms with E-state index in [1.54, 1.807) is 24.9 Å². The topological polar surface area (TPSA) is 94.1 Å². The minimum absolute atomic E-state index is 0.242. The fourth-order valence-electron chi connectivity index (χ4n) is 3.36. The molecule has 2 atom stereocenters. The first kappa shape index (κ1) is 17.6. The number of hydrogen-bond acceptors (Lipinski definition) is 5. The molecule has 0 spiro atoms. The molecule has 1 aliphatic rings. The summed E-state index contributed by atoms with van der Waals surface area (Å²) in [5.41, 5.74) is 2.22. The van der Waals surface area contributed by atoms with E-state index in [1.807, 2.05) is 13.0 Å². The number of anilines is 1. The lowest BCUT2D eigenvalue weighted by atomic mass is 10.0. The second-order valence-corrected chi connectivity index (χ2v) is 6.33. The fraction of sp³-hybridized carbons (Fsp3) is 0.588. The minimum Gasteiger partial charge on any atom is -0.378 e. The van der Waals surface area contributed by atoms with Crippen LogP contribution in [0.2, 0.25) is 0 Å². The molecule has 136 valence electrons. The average molecular weight is 347 g/mol. The Morgan fingerprint density at radius 3 is 3.04 bits per heavy atom. The van der Waals surface area contributed by atoms with Crippen LogP contribution in [0.5, 0.6) is 0 Å². The molecule has 0 bridgehead atoms. The number of carbonyl (C=O) groups excluding carboxylic acids is 1. The summed E-state index contributed by atoms with van der Waals surface area (Å²) in [6.45, 7) is 3.14. The number of hydrogen-bond donors (Lipinski definition) is 2. The summed E-state index contributed by atoms with van der Waals surface area (Å²) in [5.74, 6) is 0.683. The third-order valence-electron chi connectivity index (χ3n) is 4.52. The Bertz CT molecular complexity index is 724. The van der Waals surface area contributed by atoms with Gasteiger partial charge in [0.05, 0.1) is 18.4 Å². The number of rotatable bonds is 7. The number of aromatic nitrogens is 4. The standard InChI is InChI=1S/C17H25N5O3/c1-4-25-13-6-5-11(7-13)14-9-16(20-19-14)18-17(23)15-8-12(10-24-3)21-22(15)2/h8-9,11,13H,4-7,10H2,1-3H3,(H2,18,19,20,23). The highest BCUT2D eigenvalue weighted by atomic mass is 16.5. The highest BCUT2D eigenvalue weighted by Crippen LogP contribution is 2.35. The molecule has 1 amide bonds. The number of aromatic amines is 1. The molecule has 0 saturated heterocycles. The lowest BCUT2D eigenvalue weighted by Gasteiger charge is -2.09. The van der Waals surface area contributed by atoms with Gasteiger partial charge in [0, 0.05) is 38.4 Å². The largest absolute Gasteiger partial charge is 0.378 e. The Kier molecular flexibility index (Phi) is 5.50. The van der Waals surface area contributed by atoms with Crippen molar-refractivity contribution in [2.75, 3.05) is 19.0 Å². The van der Waals surface area contributed by atoms with Crippen molar-refractivity contribution >= 4 is 11.7 Å². The Labute approximate surface area is 146 Å². The van der Waals surface area contributed by atoms with Crippen LogP contribution in [0.15, 0.2) is 12.1 Å². The van der Waals surface area contributed by atoms with Gasteiger partial charge in [-0.15, -0.1) is 0 Å². The average Bonchev–Trinajstić information content (AvgIpc) is 3.28. The maximum absolute atomic E-state index is 12.4. The van der Waals surface area contributed by atoms with Gasteiger partial charge in [-0.1, -0.05) is 0 Å². The van der Waals surface area contributed by atoms with Crippen LogP contribution in [0.4, 0.5) is 5.82 Å². The van der Waals surface area contributed by atoms with E-state index in [0.29, 0.717) is 35.8 Å². The molecule has 8 nitrogen and oxygen atoms in total. The first-order valence-corrected chi connectivity index (χ1v) is 8.60. The maximum atomic E-state index is 12.4. The summed E-state index contributed by atoms with van der Waals surface area (Å²) in [4.78, 5) is 12.4. The third kappa shape index (κ3) is 4.08. The predicted octanol–water partition coefficient (Wildman–Crippen LogP) is 2.21. The molecule has 3 rings (SSSR count). The van der Waals surface area contributed by atoms with Crippen molar-refractivity contribution in [3.05, 3.63) is 29.2 Å². The second kappa shape index (κ2) is 7.79. The van der Waals surface area contributed by atoms with E-state index in [-0.39, 0.29) is 5.91 Å². The van der Waals surface area contributed by atoms with Crippen molar-refractivity contribution in [2.45, 2.75) is 44.8 Å². The molecule has 1 fully saturated rings. The quantitative estimate of drug-likeness (QED) is 0.801. The number of nitrogens with one attached hydrogen (secondary N) is 2. The Morgan fingerprint density at radius 2 is 2.28 bits per heavy atom. The Balaban J connectivity index is 1.62. The van der Waals surface area contributed by atoms with Gasteiger partial charge >= 0.3 is 0 Å². The van der Waals surface area contributed by atoms with Crippen LogP contribution >= 0.6 is 0 Å². The maximum Gasteiger partial charge on any atom is 0.275 e. The number of methoxy groups -OCH3 is 1. The van der Waals surface area contributed by atoms with Gasteiger partial charge in [-0.3, -0.25) is 14.6 Å². The Hall–Kier alpha value is -2.19. The van der Waals surface area contributed by atoms with Crippen molar-refractivity contribution in [3.63, 3.8) is 0 Å². The number of H-pyrrole nitrogens is 1. The zero-order valence-corrected chi connectivity index (χ0v) is 14.9. The molecule has 2 aromatic heterocycles. The zero-order valence-electron chi connectivity index (χ0n) is 14.9. The molecule has 2 aromatic rings. The summed E-state index contributed by atoms with van der Waals surface area (Å²) in [5, 5.41) is 14.3. The molecule has 0 radical (unpaired) electrons. The van der Waals surface area contributed by atoms with E-state index >= 15 is 0 Å². The number of amides is 1. The van der Waals surface area contributed by atoms with Gasteiger partial charge in [-0.25, -0.2) is 0 Å². The van der Waals surface area contributed by atoms with Gasteiger partial charge in [0.2, 0.25) is 0 Å². The van der Waals surface area contributed by atoms with Crippen molar-refractivity contribution in [1.82, 2.24) is 20.0 Å². The number of nitrogens with zero attached hydrogens (tertiary/aromatic N) is 3. The van der Waals surface area contributed by atoms with Crippen LogP contribution in [0.3, 0.4) is 0 Å². The first-order valence-electron chi connectivity index (χ1n) is 8.60. The lowest BCUT2D eigenvalue weighted by Crippen LogP contribution is -2.16.